The van der Waals surface area contributed by atoms with E-state index >= 15 is 0 Å². The van der Waals surface area contributed by atoms with E-state index in [4.69, 9.17) is 0 Å². The van der Waals surface area contributed by atoms with Crippen molar-refractivity contribution in [3.8, 4) is 0 Å². The van der Waals surface area contributed by atoms with Gasteiger partial charge in [0.25, 0.3) is 11.9 Å². The van der Waals surface area contributed by atoms with Crippen LogP contribution in [0.15, 0.2) is 9.59 Å². The van der Waals surface area contributed by atoms with Crippen LogP contribution >= 0.6 is 0 Å². The Balaban J connectivity index is 0.000000280. The number of nitrogens with one attached hydrogen (secondary N) is 4. The Labute approximate surface area is 157 Å². The Morgan fingerprint density at radius 3 is 1.43 bits per heavy atom. The van der Waals surface area contributed by atoms with E-state index in [1.165, 1.54) is 0 Å². The number of nitrogens with zero attached hydrogens (tertiary/aromatic N) is 2. The maximum Gasteiger partial charge on any atom is 0.302 e. The summed E-state index contributed by atoms with van der Waals surface area (Å²) in [5.74, 6) is -4.38. The van der Waals surface area contributed by atoms with Crippen LogP contribution in [-0.4, -0.2) is 33.5 Å². The molecule has 0 aliphatic rings. The summed E-state index contributed by atoms with van der Waals surface area (Å²) in [6.07, 6.45) is 3.33. The van der Waals surface area contributed by atoms with Gasteiger partial charge in [-0.2, -0.15) is 17.6 Å². The zero-order chi connectivity index (χ0) is 21.1. The molecular formula is C16H22F4N6O2. The number of aromatic amines is 2. The Kier molecular flexibility index (Phi) is 9.68. The molecule has 28 heavy (non-hydrogen) atoms. The predicted molar refractivity (Wildman–Crippen MR) is 96.3 cm³/mol. The number of H-pyrrole nitrogens is 2. The van der Waals surface area contributed by atoms with E-state index in [-0.39, 0.29) is 0 Å². The number of anilines is 2. The molecule has 0 aliphatic heterocycles. The van der Waals surface area contributed by atoms with Gasteiger partial charge >= 0.3 is 11.1 Å². The van der Waals surface area contributed by atoms with Crippen LogP contribution < -0.4 is 21.8 Å². The van der Waals surface area contributed by atoms with Crippen LogP contribution in [0.5, 0.6) is 0 Å². The van der Waals surface area contributed by atoms with Gasteiger partial charge in [0.05, 0.1) is 0 Å². The van der Waals surface area contributed by atoms with Gasteiger partial charge in [-0.15, -0.1) is 10.2 Å². The Morgan fingerprint density at radius 1 is 0.750 bits per heavy atom. The number of hydrogen-bond donors (Lipinski definition) is 4. The number of unbranched alkanes of at least 4 members (excludes halogenated alkanes) is 2. The fourth-order valence-electron chi connectivity index (χ4n) is 1.90. The molecule has 0 saturated carbocycles. The molecule has 2 aromatic heterocycles. The molecule has 0 aromatic carbocycles. The van der Waals surface area contributed by atoms with E-state index in [2.05, 4.69) is 20.8 Å². The highest BCUT2D eigenvalue weighted by Gasteiger charge is 2.13. The maximum atomic E-state index is 13.0. The first-order chi connectivity index (χ1) is 13.3. The Bertz CT molecular complexity index is 800. The first-order valence-corrected chi connectivity index (χ1v) is 8.68. The van der Waals surface area contributed by atoms with Gasteiger partial charge in [-0.05, 0) is 12.8 Å². The fourth-order valence-corrected chi connectivity index (χ4v) is 1.90. The largest absolute Gasteiger partial charge is 0.379 e. The first kappa shape index (κ1) is 23.1. The molecule has 0 radical (unpaired) electrons. The molecule has 0 amide bonds. The third-order valence-corrected chi connectivity index (χ3v) is 3.43. The van der Waals surface area contributed by atoms with Crippen LogP contribution in [-0.2, 0) is 0 Å². The van der Waals surface area contributed by atoms with Crippen LogP contribution in [0.25, 0.3) is 0 Å². The summed E-state index contributed by atoms with van der Waals surface area (Å²) >= 11 is 0. The van der Waals surface area contributed by atoms with Gasteiger partial charge in [-0.25, -0.2) is 10.2 Å². The summed E-state index contributed by atoms with van der Waals surface area (Å²) in [4.78, 5) is 21.5. The van der Waals surface area contributed by atoms with Crippen LogP contribution in [0.2, 0.25) is 0 Å². The van der Waals surface area contributed by atoms with E-state index in [1.54, 1.807) is 10.2 Å². The van der Waals surface area contributed by atoms with Crippen molar-refractivity contribution < 1.29 is 17.6 Å². The lowest BCUT2D eigenvalue weighted by atomic mass is 10.3. The van der Waals surface area contributed by atoms with Gasteiger partial charge < -0.3 is 10.6 Å². The maximum absolute atomic E-state index is 13.0. The molecule has 0 atom stereocenters. The van der Waals surface area contributed by atoms with Gasteiger partial charge in [-0.1, -0.05) is 26.7 Å². The van der Waals surface area contributed by atoms with Crippen molar-refractivity contribution in [2.45, 2.75) is 39.5 Å². The quantitative estimate of drug-likeness (QED) is 0.396. The molecule has 0 aliphatic carbocycles. The second-order valence-electron chi connectivity index (χ2n) is 5.63. The zero-order valence-electron chi connectivity index (χ0n) is 15.5. The smallest absolute Gasteiger partial charge is 0.302 e. The van der Waals surface area contributed by atoms with E-state index in [1.807, 2.05) is 13.8 Å². The minimum Gasteiger partial charge on any atom is -0.379 e. The van der Waals surface area contributed by atoms with Crippen LogP contribution in [0.4, 0.5) is 28.9 Å². The molecule has 0 saturated heterocycles. The van der Waals surface area contributed by atoms with E-state index in [0.29, 0.717) is 13.1 Å². The molecule has 12 heteroatoms. The topological polar surface area (TPSA) is 116 Å². The number of aromatic nitrogens is 4. The van der Waals surface area contributed by atoms with Crippen molar-refractivity contribution in [1.29, 1.82) is 0 Å². The normalized spacial score (nSPS) is 10.2. The van der Waals surface area contributed by atoms with Gasteiger partial charge in [0.1, 0.15) is 11.4 Å². The average molecular weight is 406 g/mol. The van der Waals surface area contributed by atoms with E-state index in [9.17, 15) is 27.2 Å². The minimum absolute atomic E-state index is 0.412. The second kappa shape index (κ2) is 11.7. The first-order valence-electron chi connectivity index (χ1n) is 8.68. The van der Waals surface area contributed by atoms with Crippen LogP contribution in [0, 0.1) is 23.5 Å². The lowest BCUT2D eigenvalue weighted by Crippen LogP contribution is -2.18. The van der Waals surface area contributed by atoms with E-state index in [0.717, 1.165) is 25.7 Å². The SMILES string of the molecule is CCCCNc1c(F)n[nH]c(=O)c1F.CCCCNc1c(F)n[nH]c(=O)c1F. The second-order valence-corrected chi connectivity index (χ2v) is 5.63. The van der Waals surface area contributed by atoms with Crippen molar-refractivity contribution in [3.63, 3.8) is 0 Å². The molecule has 0 spiro atoms. The summed E-state index contributed by atoms with van der Waals surface area (Å²) in [6, 6.07) is 0. The highest BCUT2D eigenvalue weighted by atomic mass is 19.1. The van der Waals surface area contributed by atoms with Gasteiger partial charge in [0, 0.05) is 13.1 Å². The minimum atomic E-state index is -1.16. The molecule has 0 unspecified atom stereocenters. The monoisotopic (exact) mass is 406 g/mol. The van der Waals surface area contributed by atoms with Crippen molar-refractivity contribution >= 4 is 11.4 Å². The third kappa shape index (κ3) is 6.67. The van der Waals surface area contributed by atoms with Crippen molar-refractivity contribution in [1.82, 2.24) is 20.4 Å². The fraction of sp³-hybridized carbons (Fsp3) is 0.500. The standard InChI is InChI=1S/2C8H11F2N3O/c2*1-2-3-4-11-6-5(9)8(14)13-12-7(6)10/h2*2-4H2,1H3,(H2,11,13,14). The highest BCUT2D eigenvalue weighted by Crippen LogP contribution is 2.12. The molecule has 156 valence electrons. The van der Waals surface area contributed by atoms with Gasteiger partial charge in [-0.3, -0.25) is 9.59 Å². The summed E-state index contributed by atoms with van der Waals surface area (Å²) in [7, 11) is 0. The summed E-state index contributed by atoms with van der Waals surface area (Å²) in [5, 5.41) is 14.4. The number of halogens is 4. The van der Waals surface area contributed by atoms with Crippen molar-refractivity contribution in [3.05, 3.63) is 44.2 Å². The molecule has 0 fully saturated rings. The van der Waals surface area contributed by atoms with Crippen LogP contribution in [0.1, 0.15) is 39.5 Å². The number of rotatable bonds is 8. The lowest BCUT2D eigenvalue weighted by molar-refractivity contribution is 0.524. The molecule has 2 rings (SSSR count). The molecule has 8 nitrogen and oxygen atoms in total. The molecule has 2 heterocycles. The molecule has 4 N–H and O–H groups in total. The molecule has 2 aromatic rings. The summed E-state index contributed by atoms with van der Waals surface area (Å²) < 4.78 is 51.8. The summed E-state index contributed by atoms with van der Waals surface area (Å²) in [5.41, 5.74) is -2.96. The Morgan fingerprint density at radius 2 is 1.11 bits per heavy atom. The highest BCUT2D eigenvalue weighted by molar-refractivity contribution is 5.42. The zero-order valence-corrected chi connectivity index (χ0v) is 15.5. The van der Waals surface area contributed by atoms with Crippen molar-refractivity contribution in [2.75, 3.05) is 23.7 Å². The van der Waals surface area contributed by atoms with Crippen LogP contribution in [0.3, 0.4) is 0 Å². The average Bonchev–Trinajstić information content (AvgIpc) is 2.68. The Hall–Kier alpha value is -2.92. The summed E-state index contributed by atoms with van der Waals surface area (Å²) in [6.45, 7) is 4.72. The lowest BCUT2D eigenvalue weighted by Gasteiger charge is -2.05. The number of hydrogen-bond acceptors (Lipinski definition) is 6. The van der Waals surface area contributed by atoms with Gasteiger partial charge in [0.2, 0.25) is 11.6 Å². The molecular weight excluding hydrogens is 384 g/mol. The molecule has 0 bridgehead atoms. The van der Waals surface area contributed by atoms with E-state index < -0.39 is 46.0 Å². The van der Waals surface area contributed by atoms with Gasteiger partial charge in [0.15, 0.2) is 0 Å². The predicted octanol–water partition coefficient (Wildman–Crippen LogP) is 2.52. The van der Waals surface area contributed by atoms with Crippen molar-refractivity contribution in [2.24, 2.45) is 0 Å². The third-order valence-electron chi connectivity index (χ3n) is 3.43.